The molecule has 0 unspecified atom stereocenters. The Morgan fingerprint density at radius 3 is 2.83 bits per heavy atom. The van der Waals surface area contributed by atoms with Gasteiger partial charge in [-0.1, -0.05) is 30.3 Å². The van der Waals surface area contributed by atoms with Crippen molar-refractivity contribution >= 4 is 39.1 Å². The highest BCUT2D eigenvalue weighted by atomic mass is 79.9. The van der Waals surface area contributed by atoms with Crippen LogP contribution < -0.4 is 10.1 Å². The quantitative estimate of drug-likeness (QED) is 0.268. The van der Waals surface area contributed by atoms with Gasteiger partial charge in [-0.15, -0.1) is 11.8 Å². The van der Waals surface area contributed by atoms with Gasteiger partial charge in [-0.2, -0.15) is 0 Å². The van der Waals surface area contributed by atoms with E-state index < -0.39 is 23.5 Å². The number of thioether (sulfide) groups is 1. The zero-order valence-electron chi connectivity index (χ0n) is 17.8. The van der Waals surface area contributed by atoms with E-state index in [1.54, 1.807) is 0 Å². The number of nitro groups is 1. The van der Waals surface area contributed by atoms with E-state index in [0.717, 1.165) is 11.8 Å². The summed E-state index contributed by atoms with van der Waals surface area (Å²) in [5.41, 5.74) is 0.581. The van der Waals surface area contributed by atoms with Crippen molar-refractivity contribution in [3.8, 4) is 5.88 Å². The van der Waals surface area contributed by atoms with E-state index in [1.165, 1.54) is 24.0 Å². The van der Waals surface area contributed by atoms with Crippen molar-refractivity contribution in [3.05, 3.63) is 80.5 Å². The van der Waals surface area contributed by atoms with Gasteiger partial charge in [-0.05, 0) is 27.6 Å². The summed E-state index contributed by atoms with van der Waals surface area (Å²) in [5, 5.41) is 14.1. The molecule has 3 aromatic rings. The van der Waals surface area contributed by atoms with E-state index in [4.69, 9.17) is 8.85 Å². The van der Waals surface area contributed by atoms with Crippen LogP contribution in [-0.2, 0) is 12.3 Å². The number of pyridine rings is 2. The van der Waals surface area contributed by atoms with Crippen LogP contribution in [0.1, 0.15) is 15.4 Å². The maximum absolute atomic E-state index is 14.6. The second-order valence-corrected chi connectivity index (χ2v) is 7.57. The van der Waals surface area contributed by atoms with Crippen molar-refractivity contribution in [3.63, 3.8) is 0 Å². The maximum Gasteiger partial charge on any atom is 0.311 e. The highest BCUT2D eigenvalue weighted by Crippen LogP contribution is 2.37. The summed E-state index contributed by atoms with van der Waals surface area (Å²) in [6.45, 7) is -0.188. The number of anilines is 1. The number of nitrogens with zero attached hydrogens (tertiary/aromatic N) is 3. The molecule has 10 heteroatoms. The molecule has 0 aliphatic carbocycles. The molecular formula is C19H16BrFN4O3S. The molecule has 0 amide bonds. The van der Waals surface area contributed by atoms with Gasteiger partial charge in [0.1, 0.15) is 22.2 Å². The highest BCUT2D eigenvalue weighted by molar-refractivity contribution is 9.10. The average Bonchev–Trinajstić information content (AvgIpc) is 2.73. The first kappa shape index (κ1) is 17.2. The third-order valence-corrected chi connectivity index (χ3v) is 5.60. The first-order valence-corrected chi connectivity index (χ1v) is 9.99. The Morgan fingerprint density at radius 2 is 2.14 bits per heavy atom. The van der Waals surface area contributed by atoms with Gasteiger partial charge in [0.25, 0.3) is 0 Å². The summed E-state index contributed by atoms with van der Waals surface area (Å²) in [6.07, 6.45) is 2.38. The number of ether oxygens (including phenoxy) is 1. The summed E-state index contributed by atoms with van der Waals surface area (Å²) in [7, 11) is -2.80. The van der Waals surface area contributed by atoms with E-state index in [2.05, 4.69) is 31.2 Å². The predicted molar refractivity (Wildman–Crippen MR) is 113 cm³/mol. The molecule has 0 radical (unpaired) electrons. The second-order valence-electron chi connectivity index (χ2n) is 5.72. The van der Waals surface area contributed by atoms with Gasteiger partial charge in [0, 0.05) is 16.8 Å². The monoisotopic (exact) mass is 481 g/mol. The third-order valence-electron chi connectivity index (χ3n) is 3.83. The van der Waals surface area contributed by atoms with E-state index in [-0.39, 0.29) is 28.3 Å². The number of aromatic nitrogens is 2. The number of methoxy groups -OCH3 is 1. The molecule has 0 saturated heterocycles. The van der Waals surface area contributed by atoms with Gasteiger partial charge in [-0.3, -0.25) is 15.1 Å². The van der Waals surface area contributed by atoms with Gasteiger partial charge in [0.15, 0.2) is 0 Å². The van der Waals surface area contributed by atoms with E-state index in [1.807, 2.05) is 30.3 Å². The molecule has 29 heavy (non-hydrogen) atoms. The van der Waals surface area contributed by atoms with Crippen LogP contribution in [0.15, 0.2) is 58.2 Å². The average molecular weight is 482 g/mol. The molecule has 0 saturated carbocycles. The van der Waals surface area contributed by atoms with Crippen molar-refractivity contribution in [2.45, 2.75) is 17.2 Å². The highest BCUT2D eigenvalue weighted by Gasteiger charge is 2.22. The molecule has 0 aliphatic rings. The molecule has 2 heterocycles. The Labute approximate surface area is 183 Å². The molecule has 0 bridgehead atoms. The van der Waals surface area contributed by atoms with Gasteiger partial charge in [-0.25, -0.2) is 9.37 Å². The minimum absolute atomic E-state index is 0.0327. The SMILES string of the molecule is [2H]C([2H])([2H])Oc1ncc([N+](=O)[O-])c(NCc2ncc(SCc3ccccc3)cc2F)c1Br. The predicted octanol–water partition coefficient (Wildman–Crippen LogP) is 5.20. The van der Waals surface area contributed by atoms with Gasteiger partial charge in [0.05, 0.1) is 28.3 Å². The largest absolute Gasteiger partial charge is 0.480 e. The van der Waals surface area contributed by atoms with Gasteiger partial charge in [0.2, 0.25) is 5.88 Å². The standard InChI is InChI=1S/C19H16BrFN4O3S/c1-28-19-17(20)18(16(10-24-19)25(26)27)23-9-15-14(21)7-13(8-22-15)29-11-12-5-3-2-4-6-12/h2-8,10H,9,11H2,1H3,(H,23,24)/i1D3. The van der Waals surface area contributed by atoms with Crippen molar-refractivity contribution in [2.75, 3.05) is 12.4 Å². The van der Waals surface area contributed by atoms with E-state index in [0.29, 0.717) is 10.6 Å². The molecule has 1 aromatic carbocycles. The molecule has 150 valence electrons. The Balaban J connectivity index is 1.75. The fraction of sp³-hybridized carbons (Fsp3) is 0.158. The second kappa shape index (κ2) is 9.66. The Hall–Kier alpha value is -2.72. The number of hydrogen-bond donors (Lipinski definition) is 1. The maximum atomic E-state index is 14.6. The van der Waals surface area contributed by atoms with E-state index >= 15 is 0 Å². The van der Waals surface area contributed by atoms with Crippen molar-refractivity contribution in [2.24, 2.45) is 0 Å². The number of rotatable bonds is 8. The molecule has 1 N–H and O–H groups in total. The number of benzene rings is 1. The lowest BCUT2D eigenvalue weighted by Crippen LogP contribution is -2.08. The third kappa shape index (κ3) is 5.21. The van der Waals surface area contributed by atoms with Crippen LogP contribution >= 0.6 is 27.7 Å². The smallest absolute Gasteiger partial charge is 0.311 e. The minimum Gasteiger partial charge on any atom is -0.480 e. The van der Waals surface area contributed by atoms with E-state index in [9.17, 15) is 14.5 Å². The van der Waals surface area contributed by atoms with Crippen LogP contribution in [0.4, 0.5) is 15.8 Å². The molecule has 7 nitrogen and oxygen atoms in total. The summed E-state index contributed by atoms with van der Waals surface area (Å²) in [6, 6.07) is 11.1. The van der Waals surface area contributed by atoms with Crippen LogP contribution in [0.3, 0.4) is 0 Å². The summed E-state index contributed by atoms with van der Waals surface area (Å²) < 4.78 is 40.8. The van der Waals surface area contributed by atoms with Gasteiger partial charge >= 0.3 is 5.69 Å². The minimum atomic E-state index is -2.80. The van der Waals surface area contributed by atoms with Crippen molar-refractivity contribution < 1.29 is 18.2 Å². The summed E-state index contributed by atoms with van der Waals surface area (Å²) >= 11 is 4.51. The van der Waals surface area contributed by atoms with Crippen LogP contribution in [0.5, 0.6) is 5.88 Å². The van der Waals surface area contributed by atoms with Crippen molar-refractivity contribution in [1.82, 2.24) is 9.97 Å². The number of hydrogen-bond acceptors (Lipinski definition) is 7. The molecule has 0 aliphatic heterocycles. The lowest BCUT2D eigenvalue weighted by molar-refractivity contribution is -0.384. The van der Waals surface area contributed by atoms with Crippen LogP contribution in [0.25, 0.3) is 0 Å². The molecule has 0 spiro atoms. The van der Waals surface area contributed by atoms with Crippen LogP contribution in [0, 0.1) is 15.9 Å². The normalized spacial score (nSPS) is 12.6. The molecule has 0 fully saturated rings. The van der Waals surface area contributed by atoms with Crippen molar-refractivity contribution in [1.29, 1.82) is 0 Å². The zero-order chi connectivity index (χ0) is 23.3. The first-order valence-electron chi connectivity index (χ1n) is 9.71. The topological polar surface area (TPSA) is 90.2 Å². The Morgan fingerprint density at radius 1 is 1.34 bits per heavy atom. The molecule has 0 atom stereocenters. The number of nitrogens with one attached hydrogen (secondary N) is 1. The lowest BCUT2D eigenvalue weighted by atomic mass is 10.2. The van der Waals surface area contributed by atoms with Crippen LogP contribution in [-0.4, -0.2) is 21.9 Å². The summed E-state index contributed by atoms with van der Waals surface area (Å²) in [4.78, 5) is 19.1. The lowest BCUT2D eigenvalue weighted by Gasteiger charge is -2.11. The molecule has 2 aromatic heterocycles. The van der Waals surface area contributed by atoms with Gasteiger partial charge < -0.3 is 10.1 Å². The fourth-order valence-electron chi connectivity index (χ4n) is 2.41. The Bertz CT molecular complexity index is 1120. The van der Waals surface area contributed by atoms with Crippen LogP contribution in [0.2, 0.25) is 0 Å². The number of halogens is 2. The zero-order valence-corrected chi connectivity index (χ0v) is 17.2. The first-order chi connectivity index (χ1) is 15.1. The molecule has 3 rings (SSSR count). The molecular weight excluding hydrogens is 463 g/mol. The Kier molecular flexibility index (Phi) is 5.72. The fourth-order valence-corrected chi connectivity index (χ4v) is 3.78. The summed E-state index contributed by atoms with van der Waals surface area (Å²) in [5.74, 6) is -0.288.